The van der Waals surface area contributed by atoms with Gasteiger partial charge in [0.05, 0.1) is 21.6 Å². The monoisotopic (exact) mass is 383 g/mol. The Hall–Kier alpha value is -2.02. The number of nitro benzene ring substituents is 1. The highest BCUT2D eigenvalue weighted by atomic mass is 35.5. The Balaban J connectivity index is 1.76. The number of nitrogens with one attached hydrogen (secondary N) is 2. The van der Waals surface area contributed by atoms with Gasteiger partial charge in [-0.1, -0.05) is 23.2 Å². The first-order chi connectivity index (χ1) is 12.0. The van der Waals surface area contributed by atoms with Crippen LogP contribution < -0.4 is 15.4 Å². The molecule has 8 heteroatoms. The van der Waals surface area contributed by atoms with Crippen molar-refractivity contribution < 1.29 is 9.66 Å². The molecule has 0 fully saturated rings. The Morgan fingerprint density at radius 1 is 1.12 bits per heavy atom. The van der Waals surface area contributed by atoms with Crippen molar-refractivity contribution in [2.75, 3.05) is 25.0 Å². The number of non-ortho nitro benzene ring substituents is 1. The van der Waals surface area contributed by atoms with Gasteiger partial charge in [0.15, 0.2) is 5.75 Å². The van der Waals surface area contributed by atoms with Crippen LogP contribution >= 0.6 is 23.2 Å². The molecular weight excluding hydrogens is 365 g/mol. The lowest BCUT2D eigenvalue weighted by atomic mass is 10.2. The lowest BCUT2D eigenvalue weighted by Crippen LogP contribution is -2.21. The van der Waals surface area contributed by atoms with Crippen LogP contribution in [0.15, 0.2) is 36.4 Å². The molecule has 2 N–H and O–H groups in total. The van der Waals surface area contributed by atoms with Crippen molar-refractivity contribution in [3.63, 3.8) is 0 Å². The Morgan fingerprint density at radius 2 is 1.76 bits per heavy atom. The van der Waals surface area contributed by atoms with Crippen LogP contribution in [0.5, 0.6) is 5.75 Å². The molecular formula is C17H19Cl2N3O3. The van der Waals surface area contributed by atoms with E-state index in [0.29, 0.717) is 42.0 Å². The Morgan fingerprint density at radius 3 is 2.32 bits per heavy atom. The number of hydrogen-bond acceptors (Lipinski definition) is 5. The third-order valence-corrected chi connectivity index (χ3v) is 3.95. The van der Waals surface area contributed by atoms with E-state index < -0.39 is 4.92 Å². The van der Waals surface area contributed by atoms with Crippen LogP contribution in [0.3, 0.4) is 0 Å². The van der Waals surface area contributed by atoms with E-state index in [1.165, 1.54) is 12.1 Å². The van der Waals surface area contributed by atoms with E-state index in [1.54, 1.807) is 12.1 Å². The highest BCUT2D eigenvalue weighted by Crippen LogP contribution is 2.34. The molecule has 6 nitrogen and oxygen atoms in total. The number of anilines is 1. The molecule has 0 aliphatic heterocycles. The highest BCUT2D eigenvalue weighted by molar-refractivity contribution is 6.37. The molecule has 0 atom stereocenters. The summed E-state index contributed by atoms with van der Waals surface area (Å²) in [5.74, 6) is 0.509. The molecule has 2 rings (SSSR count). The second kappa shape index (κ2) is 9.46. The smallest absolute Gasteiger partial charge is 0.269 e. The first kappa shape index (κ1) is 19.3. The Labute approximate surface area is 156 Å². The molecule has 0 radical (unpaired) electrons. The van der Waals surface area contributed by atoms with Gasteiger partial charge in [0.2, 0.25) is 0 Å². The summed E-state index contributed by atoms with van der Waals surface area (Å²) in [5.41, 5.74) is 1.88. The van der Waals surface area contributed by atoms with Gasteiger partial charge in [-0.05, 0) is 36.8 Å². The summed E-state index contributed by atoms with van der Waals surface area (Å²) >= 11 is 12.3. The normalized spacial score (nSPS) is 10.5. The molecule has 0 unspecified atom stereocenters. The van der Waals surface area contributed by atoms with Gasteiger partial charge in [0.25, 0.3) is 5.69 Å². The molecule has 0 bridgehead atoms. The molecule has 2 aromatic carbocycles. The van der Waals surface area contributed by atoms with Crippen LogP contribution in [0.1, 0.15) is 12.5 Å². The number of benzene rings is 2. The van der Waals surface area contributed by atoms with Crippen LogP contribution in [0.2, 0.25) is 10.0 Å². The van der Waals surface area contributed by atoms with Gasteiger partial charge in [-0.3, -0.25) is 10.1 Å². The van der Waals surface area contributed by atoms with E-state index in [1.807, 2.05) is 19.1 Å². The zero-order chi connectivity index (χ0) is 18.2. The first-order valence-electron chi connectivity index (χ1n) is 7.81. The fourth-order valence-corrected chi connectivity index (χ4v) is 2.87. The molecule has 0 heterocycles. The topological polar surface area (TPSA) is 76.4 Å². The summed E-state index contributed by atoms with van der Waals surface area (Å²) in [6.45, 7) is 4.38. The van der Waals surface area contributed by atoms with Crippen LogP contribution in [-0.2, 0) is 6.54 Å². The maximum absolute atomic E-state index is 10.6. The van der Waals surface area contributed by atoms with Crippen LogP contribution in [0.25, 0.3) is 0 Å². The second-order valence-corrected chi connectivity index (χ2v) is 6.04. The average Bonchev–Trinajstić information content (AvgIpc) is 2.58. The number of nitrogens with zero attached hydrogens (tertiary/aromatic N) is 1. The largest absolute Gasteiger partial charge is 0.491 e. The number of ether oxygens (including phenoxy) is 1. The van der Waals surface area contributed by atoms with E-state index in [9.17, 15) is 10.1 Å². The van der Waals surface area contributed by atoms with Crippen molar-refractivity contribution in [3.8, 4) is 5.75 Å². The lowest BCUT2D eigenvalue weighted by Gasteiger charge is -2.11. The molecule has 0 aromatic heterocycles. The van der Waals surface area contributed by atoms with Crippen molar-refractivity contribution in [2.24, 2.45) is 0 Å². The maximum Gasteiger partial charge on any atom is 0.269 e. The quantitative estimate of drug-likeness (QED) is 0.378. The summed E-state index contributed by atoms with van der Waals surface area (Å²) < 4.78 is 5.40. The predicted molar refractivity (Wildman–Crippen MR) is 101 cm³/mol. The molecule has 0 amide bonds. The predicted octanol–water partition coefficient (Wildman–Crippen LogP) is 4.50. The molecule has 0 saturated heterocycles. The van der Waals surface area contributed by atoms with E-state index >= 15 is 0 Å². The summed E-state index contributed by atoms with van der Waals surface area (Å²) in [7, 11) is 0. The van der Waals surface area contributed by atoms with E-state index in [-0.39, 0.29) is 5.69 Å². The lowest BCUT2D eigenvalue weighted by molar-refractivity contribution is -0.384. The van der Waals surface area contributed by atoms with Crippen molar-refractivity contribution in [3.05, 3.63) is 62.1 Å². The van der Waals surface area contributed by atoms with Gasteiger partial charge in [0, 0.05) is 37.5 Å². The van der Waals surface area contributed by atoms with Crippen LogP contribution in [-0.4, -0.2) is 24.6 Å². The highest BCUT2D eigenvalue weighted by Gasteiger charge is 2.09. The minimum absolute atomic E-state index is 0.0768. The minimum atomic E-state index is -0.418. The first-order valence-corrected chi connectivity index (χ1v) is 8.56. The second-order valence-electron chi connectivity index (χ2n) is 5.23. The fourth-order valence-electron chi connectivity index (χ4n) is 2.23. The maximum atomic E-state index is 10.6. The average molecular weight is 384 g/mol. The van der Waals surface area contributed by atoms with E-state index in [0.717, 1.165) is 11.3 Å². The third kappa shape index (κ3) is 5.77. The van der Waals surface area contributed by atoms with Gasteiger partial charge in [-0.25, -0.2) is 0 Å². The van der Waals surface area contributed by atoms with E-state index in [4.69, 9.17) is 27.9 Å². The SMILES string of the molecule is CCOc1c(Cl)cc(CNCCNc2ccc([N+](=O)[O-])cc2)cc1Cl. The zero-order valence-electron chi connectivity index (χ0n) is 13.7. The molecule has 25 heavy (non-hydrogen) atoms. The number of nitro groups is 1. The van der Waals surface area contributed by atoms with Crippen molar-refractivity contribution in [1.29, 1.82) is 0 Å². The van der Waals surface area contributed by atoms with Crippen LogP contribution in [0.4, 0.5) is 11.4 Å². The third-order valence-electron chi connectivity index (χ3n) is 3.38. The molecule has 2 aromatic rings. The van der Waals surface area contributed by atoms with Gasteiger partial charge in [-0.2, -0.15) is 0 Å². The number of halogens is 2. The summed E-state index contributed by atoms with van der Waals surface area (Å²) in [6, 6.07) is 9.97. The van der Waals surface area contributed by atoms with Crippen molar-refractivity contribution in [2.45, 2.75) is 13.5 Å². The number of hydrogen-bond donors (Lipinski definition) is 2. The van der Waals surface area contributed by atoms with Gasteiger partial charge >= 0.3 is 0 Å². The Bertz CT molecular complexity index is 701. The Kier molecular flexibility index (Phi) is 7.31. The fraction of sp³-hybridized carbons (Fsp3) is 0.294. The molecule has 0 spiro atoms. The summed E-state index contributed by atoms with van der Waals surface area (Å²) in [5, 5.41) is 18.1. The van der Waals surface area contributed by atoms with Gasteiger partial charge in [0.1, 0.15) is 0 Å². The van der Waals surface area contributed by atoms with Gasteiger partial charge < -0.3 is 15.4 Å². The van der Waals surface area contributed by atoms with Gasteiger partial charge in [-0.15, -0.1) is 0 Å². The van der Waals surface area contributed by atoms with Crippen molar-refractivity contribution in [1.82, 2.24) is 5.32 Å². The van der Waals surface area contributed by atoms with Crippen LogP contribution in [0, 0.1) is 10.1 Å². The summed E-state index contributed by atoms with van der Waals surface area (Å²) in [4.78, 5) is 10.2. The zero-order valence-corrected chi connectivity index (χ0v) is 15.2. The number of rotatable bonds is 9. The van der Waals surface area contributed by atoms with Crippen molar-refractivity contribution >= 4 is 34.6 Å². The standard InChI is InChI=1S/C17H19Cl2N3O3/c1-2-25-17-15(18)9-12(10-16(17)19)11-20-7-8-21-13-3-5-14(6-4-13)22(23)24/h3-6,9-10,20-21H,2,7-8,11H2,1H3. The van der Waals surface area contributed by atoms with E-state index in [2.05, 4.69) is 10.6 Å². The molecule has 0 saturated carbocycles. The molecule has 0 aliphatic carbocycles. The summed E-state index contributed by atoms with van der Waals surface area (Å²) in [6.07, 6.45) is 0. The molecule has 134 valence electrons. The molecule has 0 aliphatic rings. The minimum Gasteiger partial charge on any atom is -0.491 e.